The lowest BCUT2D eigenvalue weighted by Gasteiger charge is -2.04. The highest BCUT2D eigenvalue weighted by atomic mass is 32.2. The van der Waals surface area contributed by atoms with E-state index in [-0.39, 0.29) is 23.8 Å². The average Bonchev–Trinajstić information content (AvgIpc) is 3.09. The largest absolute Gasteiger partial charge is 0.419 e. The summed E-state index contributed by atoms with van der Waals surface area (Å²) in [6.07, 6.45) is 1.27. The molecule has 0 bridgehead atoms. The van der Waals surface area contributed by atoms with Crippen LogP contribution in [-0.4, -0.2) is 30.8 Å². The van der Waals surface area contributed by atoms with Crippen LogP contribution in [0, 0.1) is 0 Å². The summed E-state index contributed by atoms with van der Waals surface area (Å²) in [6.45, 7) is 0.125. The molecule has 0 spiro atoms. The van der Waals surface area contributed by atoms with E-state index < -0.39 is 9.84 Å². The first-order valence-corrected chi connectivity index (χ1v) is 9.74. The van der Waals surface area contributed by atoms with Gasteiger partial charge in [-0.25, -0.2) is 8.42 Å². The quantitative estimate of drug-likeness (QED) is 0.711. The fourth-order valence-corrected chi connectivity index (χ4v) is 2.93. The van der Waals surface area contributed by atoms with Crippen LogP contribution >= 0.6 is 0 Å². The molecule has 0 saturated heterocycles. The monoisotopic (exact) mass is 371 g/mol. The molecule has 1 amide bonds. The second kappa shape index (κ2) is 7.49. The third-order valence-corrected chi connectivity index (χ3v) is 4.77. The summed E-state index contributed by atoms with van der Waals surface area (Å²) in [5.41, 5.74) is 1.52. The van der Waals surface area contributed by atoms with Gasteiger partial charge >= 0.3 is 0 Å². The van der Waals surface area contributed by atoms with E-state index in [4.69, 9.17) is 4.42 Å². The number of hydrogen-bond donors (Lipinski definition) is 1. The molecule has 0 radical (unpaired) electrons. The Kier molecular flexibility index (Phi) is 5.13. The third-order valence-electron chi connectivity index (χ3n) is 3.64. The Bertz CT molecular complexity index is 996. The van der Waals surface area contributed by atoms with E-state index >= 15 is 0 Å². The summed E-state index contributed by atoms with van der Waals surface area (Å²) in [4.78, 5) is 12.2. The van der Waals surface area contributed by atoms with E-state index in [0.717, 1.165) is 11.8 Å². The van der Waals surface area contributed by atoms with Gasteiger partial charge in [0.2, 0.25) is 17.7 Å². The predicted octanol–water partition coefficient (Wildman–Crippen LogP) is 2.00. The summed E-state index contributed by atoms with van der Waals surface area (Å²) in [5, 5.41) is 10.6. The lowest BCUT2D eigenvalue weighted by molar-refractivity contribution is -0.120. The number of nitrogens with zero attached hydrogens (tertiary/aromatic N) is 2. The molecule has 2 aromatic carbocycles. The Morgan fingerprint density at radius 1 is 1.04 bits per heavy atom. The number of rotatable bonds is 6. The van der Waals surface area contributed by atoms with Crippen molar-refractivity contribution in [1.82, 2.24) is 15.5 Å². The number of nitrogens with one attached hydrogen (secondary N) is 1. The molecule has 134 valence electrons. The highest BCUT2D eigenvalue weighted by Crippen LogP contribution is 2.16. The van der Waals surface area contributed by atoms with E-state index in [1.807, 2.05) is 30.3 Å². The van der Waals surface area contributed by atoms with Crippen LogP contribution in [0.25, 0.3) is 11.5 Å². The van der Waals surface area contributed by atoms with Gasteiger partial charge in [-0.15, -0.1) is 10.2 Å². The zero-order chi connectivity index (χ0) is 18.6. The minimum absolute atomic E-state index is 0.125. The van der Waals surface area contributed by atoms with Crippen LogP contribution in [-0.2, 0) is 27.6 Å². The number of carbonyl (C=O) groups is 1. The van der Waals surface area contributed by atoms with Crippen molar-refractivity contribution in [2.45, 2.75) is 17.9 Å². The van der Waals surface area contributed by atoms with Crippen LogP contribution in [0.1, 0.15) is 11.5 Å². The number of sulfone groups is 1. The predicted molar refractivity (Wildman–Crippen MR) is 94.8 cm³/mol. The molecule has 3 rings (SSSR count). The molecule has 0 saturated carbocycles. The molecule has 0 aliphatic heterocycles. The summed E-state index contributed by atoms with van der Waals surface area (Å²) in [6, 6.07) is 15.6. The van der Waals surface area contributed by atoms with Gasteiger partial charge in [-0.05, 0) is 29.8 Å². The molecule has 1 heterocycles. The van der Waals surface area contributed by atoms with Gasteiger partial charge in [0.25, 0.3) is 0 Å². The van der Waals surface area contributed by atoms with E-state index in [2.05, 4.69) is 15.5 Å². The Labute approximate surface area is 151 Å². The molecule has 1 N–H and O–H groups in total. The second-order valence-electron chi connectivity index (χ2n) is 5.74. The van der Waals surface area contributed by atoms with Crippen molar-refractivity contribution in [3.8, 4) is 11.5 Å². The van der Waals surface area contributed by atoms with Crippen LogP contribution in [0.4, 0.5) is 0 Å². The summed E-state index contributed by atoms with van der Waals surface area (Å²) in [5.74, 6) is 0.479. The lowest BCUT2D eigenvalue weighted by atomic mass is 10.1. The number of carbonyl (C=O) groups excluding carboxylic acids is 1. The standard InChI is InChI=1S/C18H17N3O4S/c1-26(23,24)15-9-7-13(8-10-15)11-16(22)19-12-17-20-21-18(25-17)14-5-3-2-4-6-14/h2-10H,11-12H2,1H3,(H,19,22). The maximum atomic E-state index is 12.0. The summed E-state index contributed by atoms with van der Waals surface area (Å²) in [7, 11) is -3.24. The molecular formula is C18H17N3O4S. The first-order valence-electron chi connectivity index (χ1n) is 7.85. The summed E-state index contributed by atoms with van der Waals surface area (Å²) < 4.78 is 28.4. The van der Waals surface area contributed by atoms with Crippen molar-refractivity contribution < 1.29 is 17.6 Å². The van der Waals surface area contributed by atoms with Gasteiger partial charge in [0, 0.05) is 11.8 Å². The lowest BCUT2D eigenvalue weighted by Crippen LogP contribution is -2.24. The average molecular weight is 371 g/mol. The van der Waals surface area contributed by atoms with E-state index in [9.17, 15) is 13.2 Å². The molecule has 7 nitrogen and oxygen atoms in total. The van der Waals surface area contributed by atoms with Crippen molar-refractivity contribution in [3.05, 3.63) is 66.1 Å². The van der Waals surface area contributed by atoms with Crippen molar-refractivity contribution in [1.29, 1.82) is 0 Å². The fourth-order valence-electron chi connectivity index (χ4n) is 2.30. The normalized spacial score (nSPS) is 11.3. The summed E-state index contributed by atoms with van der Waals surface area (Å²) >= 11 is 0. The maximum absolute atomic E-state index is 12.0. The molecule has 0 atom stereocenters. The van der Waals surface area contributed by atoms with Crippen molar-refractivity contribution in [3.63, 3.8) is 0 Å². The van der Waals surface area contributed by atoms with Gasteiger partial charge in [0.05, 0.1) is 17.9 Å². The molecule has 1 aromatic heterocycles. The van der Waals surface area contributed by atoms with Crippen molar-refractivity contribution in [2.75, 3.05) is 6.26 Å². The minimum atomic E-state index is -3.24. The molecule has 0 aliphatic rings. The smallest absolute Gasteiger partial charge is 0.247 e. The van der Waals surface area contributed by atoms with Gasteiger partial charge in [0.1, 0.15) is 0 Å². The molecule has 0 aliphatic carbocycles. The highest BCUT2D eigenvalue weighted by molar-refractivity contribution is 7.90. The van der Waals surface area contributed by atoms with Gasteiger partial charge in [-0.2, -0.15) is 0 Å². The topological polar surface area (TPSA) is 102 Å². The van der Waals surface area contributed by atoms with Crippen LogP contribution in [0.3, 0.4) is 0 Å². The number of amides is 1. The number of aromatic nitrogens is 2. The first kappa shape index (κ1) is 17.8. The fraction of sp³-hybridized carbons (Fsp3) is 0.167. The Morgan fingerprint density at radius 3 is 2.38 bits per heavy atom. The second-order valence-corrected chi connectivity index (χ2v) is 7.75. The van der Waals surface area contributed by atoms with Gasteiger partial charge in [-0.1, -0.05) is 30.3 Å². The third kappa shape index (κ3) is 4.54. The number of hydrogen-bond acceptors (Lipinski definition) is 6. The zero-order valence-electron chi connectivity index (χ0n) is 14.0. The van der Waals surface area contributed by atoms with Crippen molar-refractivity contribution in [2.24, 2.45) is 0 Å². The zero-order valence-corrected chi connectivity index (χ0v) is 14.9. The molecule has 26 heavy (non-hydrogen) atoms. The molecule has 8 heteroatoms. The van der Waals surface area contributed by atoms with Crippen LogP contribution < -0.4 is 5.32 Å². The highest BCUT2D eigenvalue weighted by Gasteiger charge is 2.11. The Hall–Kier alpha value is -3.00. The molecule has 0 unspecified atom stereocenters. The first-order chi connectivity index (χ1) is 12.4. The maximum Gasteiger partial charge on any atom is 0.247 e. The van der Waals surface area contributed by atoms with E-state index in [1.54, 1.807) is 12.1 Å². The van der Waals surface area contributed by atoms with Crippen LogP contribution in [0.2, 0.25) is 0 Å². The minimum Gasteiger partial charge on any atom is -0.419 e. The van der Waals surface area contributed by atoms with E-state index in [1.165, 1.54) is 12.1 Å². The van der Waals surface area contributed by atoms with Gasteiger partial charge in [-0.3, -0.25) is 4.79 Å². The van der Waals surface area contributed by atoms with Crippen LogP contribution in [0.5, 0.6) is 0 Å². The molecule has 0 fully saturated rings. The Morgan fingerprint density at radius 2 is 1.73 bits per heavy atom. The van der Waals surface area contributed by atoms with Crippen molar-refractivity contribution >= 4 is 15.7 Å². The van der Waals surface area contributed by atoms with Gasteiger partial charge < -0.3 is 9.73 Å². The van der Waals surface area contributed by atoms with Gasteiger partial charge in [0.15, 0.2) is 9.84 Å². The number of benzene rings is 2. The van der Waals surface area contributed by atoms with Crippen LogP contribution in [0.15, 0.2) is 63.9 Å². The van der Waals surface area contributed by atoms with E-state index in [0.29, 0.717) is 17.3 Å². The SMILES string of the molecule is CS(=O)(=O)c1ccc(CC(=O)NCc2nnc(-c3ccccc3)o2)cc1. The molecule has 3 aromatic rings. The Balaban J connectivity index is 1.55. The molecular weight excluding hydrogens is 354 g/mol.